The van der Waals surface area contributed by atoms with Gasteiger partial charge in [-0.05, 0) is 19.4 Å². The molecule has 3 N–H and O–H groups in total. The summed E-state index contributed by atoms with van der Waals surface area (Å²) in [5.41, 5.74) is 6.72. The van der Waals surface area contributed by atoms with Crippen LogP contribution in [-0.4, -0.2) is 6.54 Å². The quantitative estimate of drug-likeness (QED) is 0.471. The van der Waals surface area contributed by atoms with Crippen molar-refractivity contribution in [3.05, 3.63) is 35.1 Å². The molecule has 1 aromatic rings. The Morgan fingerprint density at radius 2 is 2.27 bits per heavy atom. The van der Waals surface area contributed by atoms with Crippen molar-refractivity contribution in [1.82, 2.24) is 0 Å². The number of benzene rings is 1. The molecule has 0 radical (unpaired) electrons. The molecule has 15 heavy (non-hydrogen) atoms. The van der Waals surface area contributed by atoms with Gasteiger partial charge in [-0.15, -0.1) is 0 Å². The molecule has 2 nitrogen and oxygen atoms in total. The highest BCUT2D eigenvalue weighted by molar-refractivity contribution is 6.31. The van der Waals surface area contributed by atoms with Crippen molar-refractivity contribution in [2.75, 3.05) is 17.6 Å². The summed E-state index contributed by atoms with van der Waals surface area (Å²) in [7, 11) is 0. The summed E-state index contributed by atoms with van der Waals surface area (Å²) in [5.74, 6) is -0.459. The number of nitrogen functional groups attached to an aromatic ring is 1. The number of nitrogens with two attached hydrogens (primary N) is 1. The normalized spacial score (nSPS) is 10.9. The number of halogens is 2. The molecule has 1 aromatic carbocycles. The Bertz CT molecular complexity index is 364. The largest absolute Gasteiger partial charge is 0.397 e. The molecule has 0 saturated carbocycles. The molecule has 82 valence electrons. The molecular formula is C11H14ClFN2. The van der Waals surface area contributed by atoms with E-state index in [0.717, 1.165) is 13.0 Å². The van der Waals surface area contributed by atoms with Crippen LogP contribution in [0.25, 0.3) is 0 Å². The fourth-order valence-electron chi connectivity index (χ4n) is 1.17. The summed E-state index contributed by atoms with van der Waals surface area (Å²) in [5, 5.41) is 3.09. The van der Waals surface area contributed by atoms with Crippen molar-refractivity contribution in [3.63, 3.8) is 0 Å². The molecule has 1 rings (SSSR count). The molecule has 4 heteroatoms. The van der Waals surface area contributed by atoms with Crippen molar-refractivity contribution in [1.29, 1.82) is 0 Å². The van der Waals surface area contributed by atoms with Crippen LogP contribution in [0.3, 0.4) is 0 Å². The molecule has 0 aliphatic rings. The predicted octanol–water partition coefficient (Wildman–Crippen LogP) is 3.44. The second kappa shape index (κ2) is 5.61. The minimum absolute atomic E-state index is 0.0477. The fraction of sp³-hybridized carbons (Fsp3) is 0.273. The molecule has 0 unspecified atom stereocenters. The molecule has 0 atom stereocenters. The Kier molecular flexibility index (Phi) is 4.43. The third kappa shape index (κ3) is 3.44. The van der Waals surface area contributed by atoms with Crippen molar-refractivity contribution in [2.24, 2.45) is 0 Å². The smallest absolute Gasteiger partial charge is 0.143 e. The molecule has 0 amide bonds. The van der Waals surface area contributed by atoms with Crippen molar-refractivity contribution in [3.8, 4) is 0 Å². The molecule has 0 saturated heterocycles. The van der Waals surface area contributed by atoms with Crippen LogP contribution < -0.4 is 11.1 Å². The molecular weight excluding hydrogens is 215 g/mol. The minimum atomic E-state index is -0.459. The van der Waals surface area contributed by atoms with Gasteiger partial charge in [-0.3, -0.25) is 0 Å². The van der Waals surface area contributed by atoms with Gasteiger partial charge in [-0.25, -0.2) is 4.39 Å². The summed E-state index contributed by atoms with van der Waals surface area (Å²) < 4.78 is 13.1. The van der Waals surface area contributed by atoms with Crippen LogP contribution in [0.4, 0.5) is 15.8 Å². The van der Waals surface area contributed by atoms with Gasteiger partial charge in [0.25, 0.3) is 0 Å². The van der Waals surface area contributed by atoms with E-state index in [4.69, 9.17) is 17.3 Å². The Hall–Kier alpha value is -1.22. The molecule has 0 bridgehead atoms. The van der Waals surface area contributed by atoms with E-state index in [0.29, 0.717) is 11.4 Å². The second-order valence-corrected chi connectivity index (χ2v) is 3.55. The summed E-state index contributed by atoms with van der Waals surface area (Å²) in [6.45, 7) is 2.67. The molecule has 0 heterocycles. The Morgan fingerprint density at radius 1 is 1.53 bits per heavy atom. The van der Waals surface area contributed by atoms with Gasteiger partial charge >= 0.3 is 0 Å². The Morgan fingerprint density at radius 3 is 2.93 bits per heavy atom. The third-order valence-corrected chi connectivity index (χ3v) is 2.24. The zero-order valence-electron chi connectivity index (χ0n) is 8.56. The number of anilines is 2. The zero-order valence-corrected chi connectivity index (χ0v) is 9.31. The number of hydrogen-bond donors (Lipinski definition) is 2. The highest BCUT2D eigenvalue weighted by Crippen LogP contribution is 2.25. The van der Waals surface area contributed by atoms with Crippen LogP contribution in [0.2, 0.25) is 5.02 Å². The molecule has 0 aliphatic carbocycles. The van der Waals surface area contributed by atoms with Gasteiger partial charge in [0.15, 0.2) is 0 Å². The van der Waals surface area contributed by atoms with Gasteiger partial charge in [0.1, 0.15) is 5.82 Å². The van der Waals surface area contributed by atoms with Crippen LogP contribution >= 0.6 is 11.6 Å². The zero-order chi connectivity index (χ0) is 11.3. The van der Waals surface area contributed by atoms with E-state index in [1.807, 2.05) is 19.1 Å². The maximum Gasteiger partial charge on any atom is 0.143 e. The monoisotopic (exact) mass is 228 g/mol. The van der Waals surface area contributed by atoms with E-state index in [1.165, 1.54) is 12.1 Å². The molecule has 0 aromatic heterocycles. The van der Waals surface area contributed by atoms with Gasteiger partial charge in [-0.1, -0.05) is 23.8 Å². The predicted molar refractivity (Wildman–Crippen MR) is 63.7 cm³/mol. The lowest BCUT2D eigenvalue weighted by molar-refractivity contribution is 0.629. The molecule has 0 aliphatic heterocycles. The summed E-state index contributed by atoms with van der Waals surface area (Å²) in [6.07, 6.45) is 4.86. The van der Waals surface area contributed by atoms with Gasteiger partial charge in [-0.2, -0.15) is 0 Å². The first-order chi connectivity index (χ1) is 7.15. The number of rotatable bonds is 4. The van der Waals surface area contributed by atoms with E-state index in [-0.39, 0.29) is 5.02 Å². The Labute approximate surface area is 93.9 Å². The van der Waals surface area contributed by atoms with Gasteiger partial charge in [0.2, 0.25) is 0 Å². The third-order valence-electron chi connectivity index (χ3n) is 1.95. The lowest BCUT2D eigenvalue weighted by Crippen LogP contribution is -2.04. The summed E-state index contributed by atoms with van der Waals surface area (Å²) in [6, 6.07) is 2.72. The van der Waals surface area contributed by atoms with E-state index in [1.54, 1.807) is 0 Å². The molecule has 0 spiro atoms. The first-order valence-electron chi connectivity index (χ1n) is 4.74. The average molecular weight is 229 g/mol. The summed E-state index contributed by atoms with van der Waals surface area (Å²) in [4.78, 5) is 0. The number of hydrogen-bond acceptors (Lipinski definition) is 2. The van der Waals surface area contributed by atoms with Crippen LogP contribution in [0.5, 0.6) is 0 Å². The highest BCUT2D eigenvalue weighted by Gasteiger charge is 2.04. The SMILES string of the molecule is C/C=C/CCNc1cc(F)c(Cl)cc1N. The number of nitrogens with one attached hydrogen (secondary N) is 1. The number of allylic oxidation sites excluding steroid dienone is 1. The first kappa shape index (κ1) is 11.9. The topological polar surface area (TPSA) is 38.0 Å². The lowest BCUT2D eigenvalue weighted by atomic mass is 10.2. The lowest BCUT2D eigenvalue weighted by Gasteiger charge is -2.08. The second-order valence-electron chi connectivity index (χ2n) is 3.14. The van der Waals surface area contributed by atoms with E-state index in [9.17, 15) is 4.39 Å². The van der Waals surface area contributed by atoms with Crippen molar-refractivity contribution >= 4 is 23.0 Å². The van der Waals surface area contributed by atoms with E-state index >= 15 is 0 Å². The van der Waals surface area contributed by atoms with Gasteiger partial charge in [0, 0.05) is 12.6 Å². The highest BCUT2D eigenvalue weighted by atomic mass is 35.5. The van der Waals surface area contributed by atoms with Crippen molar-refractivity contribution in [2.45, 2.75) is 13.3 Å². The Balaban J connectivity index is 2.65. The maximum absolute atomic E-state index is 13.1. The summed E-state index contributed by atoms with van der Waals surface area (Å²) >= 11 is 5.58. The fourth-order valence-corrected chi connectivity index (χ4v) is 1.34. The standard InChI is InChI=1S/C11H14ClFN2/c1-2-3-4-5-15-11-7-9(13)8(12)6-10(11)14/h2-3,6-7,15H,4-5,14H2,1H3/b3-2+. The first-order valence-corrected chi connectivity index (χ1v) is 5.12. The van der Waals surface area contributed by atoms with Gasteiger partial charge < -0.3 is 11.1 Å². The van der Waals surface area contributed by atoms with Crippen LogP contribution in [0, 0.1) is 5.82 Å². The minimum Gasteiger partial charge on any atom is -0.397 e. The van der Waals surface area contributed by atoms with Crippen LogP contribution in [0.15, 0.2) is 24.3 Å². The van der Waals surface area contributed by atoms with Crippen LogP contribution in [0.1, 0.15) is 13.3 Å². The average Bonchev–Trinajstić information content (AvgIpc) is 2.20. The van der Waals surface area contributed by atoms with Crippen LogP contribution in [-0.2, 0) is 0 Å². The van der Waals surface area contributed by atoms with Crippen molar-refractivity contribution < 1.29 is 4.39 Å². The van der Waals surface area contributed by atoms with E-state index in [2.05, 4.69) is 5.32 Å². The van der Waals surface area contributed by atoms with E-state index < -0.39 is 5.82 Å². The van der Waals surface area contributed by atoms with Gasteiger partial charge in [0.05, 0.1) is 16.4 Å². The molecule has 0 fully saturated rings. The maximum atomic E-state index is 13.1.